The van der Waals surface area contributed by atoms with Crippen LogP contribution in [0.2, 0.25) is 0 Å². The van der Waals surface area contributed by atoms with Gasteiger partial charge in [-0.15, -0.1) is 0 Å². The Labute approximate surface area is 86.8 Å². The summed E-state index contributed by atoms with van der Waals surface area (Å²) in [5.41, 5.74) is 0.717. The Bertz CT molecular complexity index is 399. The van der Waals surface area contributed by atoms with Gasteiger partial charge in [0.05, 0.1) is 11.1 Å². The molecule has 15 heavy (non-hydrogen) atoms. The van der Waals surface area contributed by atoms with Gasteiger partial charge < -0.3 is 9.47 Å². The standard InChI is InChI=1S/C11H10O4/c1-11(2)14-9(12)7-4-3-5-8(6-7)10(13)15-11/h3-6H,1-2H3. The van der Waals surface area contributed by atoms with Crippen molar-refractivity contribution in [1.29, 1.82) is 0 Å². The first-order valence-electron chi connectivity index (χ1n) is 4.55. The van der Waals surface area contributed by atoms with E-state index in [-0.39, 0.29) is 0 Å². The molecule has 1 heterocycles. The molecule has 4 nitrogen and oxygen atoms in total. The Balaban J connectivity index is 2.51. The van der Waals surface area contributed by atoms with Crippen LogP contribution < -0.4 is 0 Å². The second-order valence-electron chi connectivity index (χ2n) is 3.76. The molecule has 1 aliphatic heterocycles. The molecule has 0 N–H and O–H groups in total. The summed E-state index contributed by atoms with van der Waals surface area (Å²) in [6.07, 6.45) is 0. The number of hydrogen-bond donors (Lipinski definition) is 0. The summed E-state index contributed by atoms with van der Waals surface area (Å²) in [6, 6.07) is 6.27. The highest BCUT2D eigenvalue weighted by Gasteiger charge is 2.31. The molecule has 4 heteroatoms. The second-order valence-corrected chi connectivity index (χ2v) is 3.76. The van der Waals surface area contributed by atoms with Crippen molar-refractivity contribution in [3.63, 3.8) is 0 Å². The largest absolute Gasteiger partial charge is 0.419 e. The van der Waals surface area contributed by atoms with Gasteiger partial charge >= 0.3 is 11.9 Å². The molecule has 2 bridgehead atoms. The number of carbonyl (C=O) groups excluding carboxylic acids is 2. The number of rotatable bonds is 0. The highest BCUT2D eigenvalue weighted by atomic mass is 16.7. The van der Waals surface area contributed by atoms with Crippen molar-refractivity contribution >= 4 is 11.9 Å². The molecular weight excluding hydrogens is 196 g/mol. The molecule has 1 aromatic carbocycles. The van der Waals surface area contributed by atoms with Crippen molar-refractivity contribution < 1.29 is 19.1 Å². The van der Waals surface area contributed by atoms with Crippen LogP contribution in [0.15, 0.2) is 24.3 Å². The normalized spacial score (nSPS) is 18.5. The van der Waals surface area contributed by atoms with Gasteiger partial charge in [0.15, 0.2) is 0 Å². The topological polar surface area (TPSA) is 52.6 Å². The lowest BCUT2D eigenvalue weighted by atomic mass is 10.1. The van der Waals surface area contributed by atoms with Gasteiger partial charge in [-0.25, -0.2) is 9.59 Å². The fourth-order valence-corrected chi connectivity index (χ4v) is 1.36. The average molecular weight is 206 g/mol. The molecular formula is C11H10O4. The van der Waals surface area contributed by atoms with E-state index in [4.69, 9.17) is 9.47 Å². The SMILES string of the molecule is CC1(C)OC(=O)c2cccc(c2)C(=O)O1. The molecule has 78 valence electrons. The summed E-state index contributed by atoms with van der Waals surface area (Å²) in [4.78, 5) is 23.1. The van der Waals surface area contributed by atoms with Crippen molar-refractivity contribution in [3.8, 4) is 0 Å². The van der Waals surface area contributed by atoms with E-state index in [0.717, 1.165) is 0 Å². The molecule has 0 saturated heterocycles. The van der Waals surface area contributed by atoms with Gasteiger partial charge in [-0.3, -0.25) is 0 Å². The number of hydrogen-bond acceptors (Lipinski definition) is 4. The van der Waals surface area contributed by atoms with Gasteiger partial charge in [-0.05, 0) is 18.2 Å². The van der Waals surface area contributed by atoms with Crippen LogP contribution in [-0.4, -0.2) is 17.7 Å². The van der Waals surface area contributed by atoms with Gasteiger partial charge in [0.2, 0.25) is 0 Å². The fourth-order valence-electron chi connectivity index (χ4n) is 1.36. The summed E-state index contributed by atoms with van der Waals surface area (Å²) in [6.45, 7) is 3.04. The molecule has 0 radical (unpaired) electrons. The Kier molecular flexibility index (Phi) is 2.00. The maximum absolute atomic E-state index is 11.5. The first kappa shape index (κ1) is 9.71. The van der Waals surface area contributed by atoms with E-state index < -0.39 is 17.7 Å². The molecule has 0 amide bonds. The Morgan fingerprint density at radius 1 is 1.00 bits per heavy atom. The van der Waals surface area contributed by atoms with Crippen LogP contribution >= 0.6 is 0 Å². The number of cyclic esters (lactones) is 2. The lowest BCUT2D eigenvalue weighted by molar-refractivity contribution is -0.144. The maximum atomic E-state index is 11.5. The van der Waals surface area contributed by atoms with Crippen LogP contribution in [0.3, 0.4) is 0 Å². The van der Waals surface area contributed by atoms with E-state index >= 15 is 0 Å². The summed E-state index contributed by atoms with van der Waals surface area (Å²) in [5.74, 6) is -2.21. The van der Waals surface area contributed by atoms with Crippen molar-refractivity contribution in [2.24, 2.45) is 0 Å². The van der Waals surface area contributed by atoms with Crippen LogP contribution in [0.25, 0.3) is 0 Å². The molecule has 0 aliphatic carbocycles. The smallest absolute Gasteiger partial charge is 0.341 e. The fraction of sp³-hybridized carbons (Fsp3) is 0.273. The van der Waals surface area contributed by atoms with E-state index in [1.54, 1.807) is 18.2 Å². The molecule has 0 aromatic heterocycles. The van der Waals surface area contributed by atoms with E-state index in [2.05, 4.69) is 0 Å². The van der Waals surface area contributed by atoms with Crippen molar-refractivity contribution in [3.05, 3.63) is 35.4 Å². The predicted octanol–water partition coefficient (Wildman–Crippen LogP) is 1.75. The first-order valence-corrected chi connectivity index (χ1v) is 4.55. The zero-order valence-electron chi connectivity index (χ0n) is 8.44. The predicted molar refractivity (Wildman–Crippen MR) is 51.4 cm³/mol. The zero-order chi connectivity index (χ0) is 11.1. The highest BCUT2D eigenvalue weighted by molar-refractivity contribution is 5.96. The molecule has 0 saturated carbocycles. The number of ether oxygens (including phenoxy) is 2. The van der Waals surface area contributed by atoms with E-state index in [9.17, 15) is 9.59 Å². The minimum absolute atomic E-state index is 0.359. The highest BCUT2D eigenvalue weighted by Crippen LogP contribution is 2.21. The van der Waals surface area contributed by atoms with Gasteiger partial charge in [0, 0.05) is 13.8 Å². The molecule has 0 atom stereocenters. The summed E-state index contributed by atoms with van der Waals surface area (Å²) < 4.78 is 10.0. The monoisotopic (exact) mass is 206 g/mol. The van der Waals surface area contributed by atoms with Gasteiger partial charge in [-0.2, -0.15) is 0 Å². The van der Waals surface area contributed by atoms with E-state index in [0.29, 0.717) is 11.1 Å². The molecule has 0 fully saturated rings. The van der Waals surface area contributed by atoms with Gasteiger partial charge in [-0.1, -0.05) is 6.07 Å². The van der Waals surface area contributed by atoms with Crippen LogP contribution in [0.1, 0.15) is 34.6 Å². The minimum Gasteiger partial charge on any atom is -0.419 e. The quantitative estimate of drug-likeness (QED) is 0.607. The number of carbonyl (C=O) groups is 2. The lowest BCUT2D eigenvalue weighted by Gasteiger charge is -2.26. The van der Waals surface area contributed by atoms with Crippen molar-refractivity contribution in [2.45, 2.75) is 19.6 Å². The molecule has 1 aliphatic rings. The molecule has 2 rings (SSSR count). The summed E-state index contributed by atoms with van der Waals surface area (Å²) in [5, 5.41) is 0. The number of esters is 2. The van der Waals surface area contributed by atoms with Gasteiger partial charge in [0.1, 0.15) is 0 Å². The van der Waals surface area contributed by atoms with Crippen LogP contribution in [0, 0.1) is 0 Å². The summed E-state index contributed by atoms with van der Waals surface area (Å²) >= 11 is 0. The van der Waals surface area contributed by atoms with Crippen LogP contribution in [-0.2, 0) is 9.47 Å². The number of benzene rings is 1. The summed E-state index contributed by atoms with van der Waals surface area (Å²) in [7, 11) is 0. The zero-order valence-corrected chi connectivity index (χ0v) is 8.44. The third-order valence-electron chi connectivity index (χ3n) is 2.01. The molecule has 0 unspecified atom stereocenters. The number of fused-ring (bicyclic) bond motifs is 2. The first-order chi connectivity index (χ1) is 6.98. The Morgan fingerprint density at radius 3 is 1.93 bits per heavy atom. The van der Waals surface area contributed by atoms with Crippen LogP contribution in [0.5, 0.6) is 0 Å². The van der Waals surface area contributed by atoms with E-state index in [1.807, 2.05) is 0 Å². The molecule has 1 aromatic rings. The van der Waals surface area contributed by atoms with E-state index in [1.165, 1.54) is 19.9 Å². The van der Waals surface area contributed by atoms with Crippen LogP contribution in [0.4, 0.5) is 0 Å². The lowest BCUT2D eigenvalue weighted by Crippen LogP contribution is -2.35. The average Bonchev–Trinajstić information content (AvgIpc) is 2.15. The Morgan fingerprint density at radius 2 is 1.47 bits per heavy atom. The Hall–Kier alpha value is -1.84. The van der Waals surface area contributed by atoms with Gasteiger partial charge in [0.25, 0.3) is 5.79 Å². The second kappa shape index (κ2) is 3.08. The minimum atomic E-state index is -1.22. The maximum Gasteiger partial charge on any atom is 0.341 e. The third kappa shape index (κ3) is 1.83. The van der Waals surface area contributed by atoms with Crippen molar-refractivity contribution in [2.75, 3.05) is 0 Å². The van der Waals surface area contributed by atoms with Crippen molar-refractivity contribution in [1.82, 2.24) is 0 Å². The third-order valence-corrected chi connectivity index (χ3v) is 2.01. The molecule has 0 spiro atoms.